The van der Waals surface area contributed by atoms with Gasteiger partial charge in [-0.3, -0.25) is 4.79 Å². The molecule has 1 aromatic rings. The van der Waals surface area contributed by atoms with Crippen LogP contribution in [0.2, 0.25) is 5.02 Å². The third-order valence-electron chi connectivity index (χ3n) is 2.99. The Kier molecular flexibility index (Phi) is 3.43. The Hall–Kier alpha value is -1.75. The molecule has 96 valence electrons. The van der Waals surface area contributed by atoms with Crippen molar-refractivity contribution in [2.75, 3.05) is 6.54 Å². The number of phenols is 1. The van der Waals surface area contributed by atoms with E-state index in [1.807, 2.05) is 0 Å². The number of halogens is 1. The summed E-state index contributed by atoms with van der Waals surface area (Å²) in [4.78, 5) is 24.5. The van der Waals surface area contributed by atoms with Crippen LogP contribution in [0.4, 0.5) is 0 Å². The highest BCUT2D eigenvalue weighted by molar-refractivity contribution is 6.31. The molecule has 6 heteroatoms. The molecule has 1 aliphatic rings. The normalized spacial score (nSPS) is 18.9. The van der Waals surface area contributed by atoms with Crippen molar-refractivity contribution in [3.05, 3.63) is 28.8 Å². The van der Waals surface area contributed by atoms with E-state index in [0.29, 0.717) is 24.4 Å². The van der Waals surface area contributed by atoms with Gasteiger partial charge in [-0.2, -0.15) is 0 Å². The van der Waals surface area contributed by atoms with Crippen LogP contribution in [0.3, 0.4) is 0 Å². The number of nitrogens with zero attached hydrogens (tertiary/aromatic N) is 1. The van der Waals surface area contributed by atoms with Crippen LogP contribution in [0.1, 0.15) is 23.2 Å². The summed E-state index contributed by atoms with van der Waals surface area (Å²) in [5, 5.41) is 19.0. The van der Waals surface area contributed by atoms with E-state index in [2.05, 4.69) is 0 Å². The van der Waals surface area contributed by atoms with Crippen molar-refractivity contribution >= 4 is 23.5 Å². The maximum Gasteiger partial charge on any atom is 0.326 e. The van der Waals surface area contributed by atoms with Crippen LogP contribution in [0.5, 0.6) is 5.75 Å². The Morgan fingerprint density at radius 3 is 2.78 bits per heavy atom. The largest absolute Gasteiger partial charge is 0.507 e. The minimum absolute atomic E-state index is 0.0376. The van der Waals surface area contributed by atoms with Gasteiger partial charge in [-0.1, -0.05) is 11.6 Å². The molecule has 0 saturated carbocycles. The third kappa shape index (κ3) is 2.26. The molecule has 0 aromatic heterocycles. The van der Waals surface area contributed by atoms with Crippen molar-refractivity contribution in [1.82, 2.24) is 4.90 Å². The zero-order chi connectivity index (χ0) is 13.3. The summed E-state index contributed by atoms with van der Waals surface area (Å²) < 4.78 is 0. The molecule has 2 N–H and O–H groups in total. The van der Waals surface area contributed by atoms with E-state index >= 15 is 0 Å². The molecule has 18 heavy (non-hydrogen) atoms. The first-order valence-electron chi connectivity index (χ1n) is 5.53. The average molecular weight is 270 g/mol. The zero-order valence-corrected chi connectivity index (χ0v) is 10.2. The summed E-state index contributed by atoms with van der Waals surface area (Å²) in [6, 6.07) is 3.31. The Morgan fingerprint density at radius 2 is 2.11 bits per heavy atom. The highest BCUT2D eigenvalue weighted by Gasteiger charge is 2.35. The number of carboxylic acid groups (broad SMARTS) is 1. The summed E-state index contributed by atoms with van der Waals surface area (Å²) in [7, 11) is 0. The summed E-state index contributed by atoms with van der Waals surface area (Å²) in [5.74, 6) is -1.72. The minimum Gasteiger partial charge on any atom is -0.507 e. The monoisotopic (exact) mass is 269 g/mol. The SMILES string of the molecule is O=C(O)C1CCCN1C(=O)c1cc(Cl)ccc1O. The molecule has 1 heterocycles. The Labute approximate surface area is 109 Å². The first kappa shape index (κ1) is 12.7. The lowest BCUT2D eigenvalue weighted by Crippen LogP contribution is -2.40. The number of carbonyl (C=O) groups excluding carboxylic acids is 1. The number of carbonyl (C=O) groups is 2. The first-order valence-corrected chi connectivity index (χ1v) is 5.91. The fourth-order valence-electron chi connectivity index (χ4n) is 2.10. The second-order valence-corrected chi connectivity index (χ2v) is 4.59. The highest BCUT2D eigenvalue weighted by Crippen LogP contribution is 2.26. The molecule has 2 rings (SSSR count). The number of hydrogen-bond donors (Lipinski definition) is 2. The summed E-state index contributed by atoms with van der Waals surface area (Å²) in [6.45, 7) is 0.377. The molecular weight excluding hydrogens is 258 g/mol. The van der Waals surface area contributed by atoms with E-state index in [-0.39, 0.29) is 11.3 Å². The maximum absolute atomic E-state index is 12.2. The lowest BCUT2D eigenvalue weighted by molar-refractivity contribution is -0.141. The van der Waals surface area contributed by atoms with Gasteiger partial charge in [0.25, 0.3) is 5.91 Å². The van der Waals surface area contributed by atoms with Crippen LogP contribution in [-0.2, 0) is 4.79 Å². The molecule has 0 spiro atoms. The van der Waals surface area contributed by atoms with Crippen LogP contribution in [0.15, 0.2) is 18.2 Å². The Morgan fingerprint density at radius 1 is 1.39 bits per heavy atom. The number of phenolic OH excluding ortho intramolecular Hbond substituents is 1. The fourth-order valence-corrected chi connectivity index (χ4v) is 2.27. The molecule has 1 aromatic carbocycles. The van der Waals surface area contributed by atoms with Gasteiger partial charge in [0.05, 0.1) is 5.56 Å². The van der Waals surface area contributed by atoms with E-state index in [1.165, 1.54) is 23.1 Å². The number of benzene rings is 1. The van der Waals surface area contributed by atoms with Gasteiger partial charge >= 0.3 is 5.97 Å². The number of carboxylic acids is 1. The van der Waals surface area contributed by atoms with Gasteiger partial charge in [-0.15, -0.1) is 0 Å². The molecule has 0 bridgehead atoms. The molecule has 1 amide bonds. The van der Waals surface area contributed by atoms with Gasteiger partial charge in [0.15, 0.2) is 0 Å². The molecule has 5 nitrogen and oxygen atoms in total. The van der Waals surface area contributed by atoms with E-state index < -0.39 is 17.9 Å². The van der Waals surface area contributed by atoms with E-state index in [1.54, 1.807) is 0 Å². The molecule has 1 saturated heterocycles. The van der Waals surface area contributed by atoms with Crippen molar-refractivity contribution in [2.24, 2.45) is 0 Å². The number of likely N-dealkylation sites (tertiary alicyclic amines) is 1. The fraction of sp³-hybridized carbons (Fsp3) is 0.333. The minimum atomic E-state index is -1.03. The van der Waals surface area contributed by atoms with Crippen molar-refractivity contribution in [2.45, 2.75) is 18.9 Å². The molecule has 1 aliphatic heterocycles. The molecule has 1 atom stereocenters. The molecular formula is C12H12ClNO4. The maximum atomic E-state index is 12.2. The molecule has 0 aliphatic carbocycles. The zero-order valence-electron chi connectivity index (χ0n) is 9.47. The van der Waals surface area contributed by atoms with Crippen LogP contribution < -0.4 is 0 Å². The highest BCUT2D eigenvalue weighted by atomic mass is 35.5. The number of hydrogen-bond acceptors (Lipinski definition) is 3. The number of aliphatic carboxylic acids is 1. The van der Waals surface area contributed by atoms with Gasteiger partial charge in [-0.05, 0) is 31.0 Å². The van der Waals surface area contributed by atoms with Crippen molar-refractivity contribution in [1.29, 1.82) is 0 Å². The van der Waals surface area contributed by atoms with Crippen molar-refractivity contribution in [3.63, 3.8) is 0 Å². The summed E-state index contributed by atoms with van der Waals surface area (Å²) >= 11 is 5.77. The standard InChI is InChI=1S/C12H12ClNO4/c13-7-3-4-10(15)8(6-7)11(16)14-5-1-2-9(14)12(17)18/h3-4,6,9,15H,1-2,5H2,(H,17,18). The first-order chi connectivity index (χ1) is 8.50. The van der Waals surface area contributed by atoms with Gasteiger partial charge in [-0.25, -0.2) is 4.79 Å². The number of amides is 1. The van der Waals surface area contributed by atoms with E-state index in [4.69, 9.17) is 16.7 Å². The molecule has 1 unspecified atom stereocenters. The lowest BCUT2D eigenvalue weighted by atomic mass is 10.1. The third-order valence-corrected chi connectivity index (χ3v) is 3.22. The van der Waals surface area contributed by atoms with Gasteiger partial charge in [0, 0.05) is 11.6 Å². The Bertz CT molecular complexity index is 503. The quantitative estimate of drug-likeness (QED) is 0.857. The summed E-state index contributed by atoms with van der Waals surface area (Å²) in [6.07, 6.45) is 1.08. The lowest BCUT2D eigenvalue weighted by Gasteiger charge is -2.21. The van der Waals surface area contributed by atoms with Crippen LogP contribution >= 0.6 is 11.6 Å². The van der Waals surface area contributed by atoms with Crippen LogP contribution in [0.25, 0.3) is 0 Å². The number of aromatic hydroxyl groups is 1. The van der Waals surface area contributed by atoms with E-state index in [9.17, 15) is 14.7 Å². The van der Waals surface area contributed by atoms with E-state index in [0.717, 1.165) is 0 Å². The van der Waals surface area contributed by atoms with Crippen molar-refractivity contribution in [3.8, 4) is 5.75 Å². The van der Waals surface area contributed by atoms with Gasteiger partial charge in [0.2, 0.25) is 0 Å². The van der Waals surface area contributed by atoms with Gasteiger partial charge in [0.1, 0.15) is 11.8 Å². The average Bonchev–Trinajstić information content (AvgIpc) is 2.80. The van der Waals surface area contributed by atoms with Crippen LogP contribution in [0, 0.1) is 0 Å². The predicted molar refractivity (Wildman–Crippen MR) is 64.8 cm³/mol. The topological polar surface area (TPSA) is 77.8 Å². The molecule has 0 radical (unpaired) electrons. The second-order valence-electron chi connectivity index (χ2n) is 4.16. The predicted octanol–water partition coefficient (Wildman–Crippen LogP) is 1.73. The molecule has 1 fully saturated rings. The van der Waals surface area contributed by atoms with Crippen molar-refractivity contribution < 1.29 is 19.8 Å². The Balaban J connectivity index is 2.31. The second kappa shape index (κ2) is 4.86. The smallest absolute Gasteiger partial charge is 0.326 e. The van der Waals surface area contributed by atoms with Crippen LogP contribution in [-0.4, -0.2) is 39.6 Å². The number of rotatable bonds is 2. The van der Waals surface area contributed by atoms with Gasteiger partial charge < -0.3 is 15.1 Å². The summed E-state index contributed by atoms with van der Waals surface area (Å²) in [5.41, 5.74) is 0.0376.